The molecule has 0 unspecified atom stereocenters. The van der Waals surface area contributed by atoms with Crippen LogP contribution in [0.1, 0.15) is 60.5 Å². The maximum Gasteiger partial charge on any atom is 0.165 e. The van der Waals surface area contributed by atoms with Crippen molar-refractivity contribution in [2.75, 3.05) is 0 Å². The highest BCUT2D eigenvalue weighted by atomic mass is 15.3. The molecule has 0 aliphatic carbocycles. The molecule has 152 valence electrons. The fourth-order valence-electron chi connectivity index (χ4n) is 4.87. The summed E-state index contributed by atoms with van der Waals surface area (Å²) in [6.07, 6.45) is 3.33. The molecule has 0 saturated heterocycles. The first kappa shape index (κ1) is 19.7. The summed E-state index contributed by atoms with van der Waals surface area (Å²) >= 11 is 0. The van der Waals surface area contributed by atoms with E-state index in [0.717, 1.165) is 42.8 Å². The Hall–Kier alpha value is -2.62. The molecular formula is C25H32N4. The van der Waals surface area contributed by atoms with E-state index in [2.05, 4.69) is 75.7 Å². The maximum absolute atomic E-state index is 5.07. The molecule has 0 fully saturated rings. The Kier molecular flexibility index (Phi) is 4.97. The molecule has 0 aliphatic heterocycles. The van der Waals surface area contributed by atoms with Gasteiger partial charge in [-0.25, -0.2) is 4.98 Å². The van der Waals surface area contributed by atoms with Gasteiger partial charge in [0, 0.05) is 17.6 Å². The molecule has 0 atom stereocenters. The van der Waals surface area contributed by atoms with Gasteiger partial charge in [0.25, 0.3) is 0 Å². The fraction of sp³-hybridized carbons (Fsp3) is 0.440. The van der Waals surface area contributed by atoms with Crippen molar-refractivity contribution in [1.82, 2.24) is 19.2 Å². The third-order valence-corrected chi connectivity index (χ3v) is 5.93. The molecule has 4 aromatic rings. The van der Waals surface area contributed by atoms with Gasteiger partial charge in [-0.05, 0) is 70.2 Å². The van der Waals surface area contributed by atoms with Gasteiger partial charge in [-0.15, -0.1) is 0 Å². The van der Waals surface area contributed by atoms with E-state index in [1.54, 1.807) is 0 Å². The van der Waals surface area contributed by atoms with Gasteiger partial charge >= 0.3 is 0 Å². The molecule has 29 heavy (non-hydrogen) atoms. The first-order valence-electron chi connectivity index (χ1n) is 10.8. The van der Waals surface area contributed by atoms with Gasteiger partial charge < -0.3 is 4.57 Å². The number of hydrogen-bond donors (Lipinski definition) is 0. The van der Waals surface area contributed by atoms with Crippen LogP contribution in [0.5, 0.6) is 0 Å². The minimum Gasteiger partial charge on any atom is -0.329 e. The number of benzene rings is 1. The van der Waals surface area contributed by atoms with Gasteiger partial charge in [0.2, 0.25) is 0 Å². The normalized spacial score (nSPS) is 11.8. The molecule has 4 rings (SSSR count). The largest absolute Gasteiger partial charge is 0.329 e. The predicted octanol–water partition coefficient (Wildman–Crippen LogP) is 6.26. The highest BCUT2D eigenvalue weighted by Gasteiger charge is 2.22. The van der Waals surface area contributed by atoms with Gasteiger partial charge in [0.1, 0.15) is 5.65 Å². The van der Waals surface area contributed by atoms with Crippen molar-refractivity contribution in [3.63, 3.8) is 0 Å². The van der Waals surface area contributed by atoms with E-state index in [0.29, 0.717) is 0 Å². The number of aryl methyl sites for hydroxylation is 7. The van der Waals surface area contributed by atoms with Crippen LogP contribution in [0.3, 0.4) is 0 Å². The molecule has 3 aromatic heterocycles. The summed E-state index contributed by atoms with van der Waals surface area (Å²) in [7, 11) is 0. The third-order valence-electron chi connectivity index (χ3n) is 5.93. The Bertz CT molecular complexity index is 1200. The van der Waals surface area contributed by atoms with E-state index in [4.69, 9.17) is 10.1 Å². The van der Waals surface area contributed by atoms with Crippen molar-refractivity contribution in [3.05, 3.63) is 52.0 Å². The van der Waals surface area contributed by atoms with Crippen LogP contribution in [-0.2, 0) is 13.0 Å². The van der Waals surface area contributed by atoms with Crippen molar-refractivity contribution < 1.29 is 0 Å². The average molecular weight is 389 g/mol. The molecule has 0 radical (unpaired) electrons. The van der Waals surface area contributed by atoms with Crippen LogP contribution in [-0.4, -0.2) is 19.2 Å². The van der Waals surface area contributed by atoms with E-state index in [1.165, 1.54) is 44.5 Å². The monoisotopic (exact) mass is 388 g/mol. The summed E-state index contributed by atoms with van der Waals surface area (Å²) in [4.78, 5) is 5.07. The van der Waals surface area contributed by atoms with Crippen LogP contribution in [0.25, 0.3) is 27.8 Å². The van der Waals surface area contributed by atoms with Crippen LogP contribution in [0.15, 0.2) is 18.2 Å². The number of aromatic nitrogens is 4. The fourth-order valence-corrected chi connectivity index (χ4v) is 4.87. The van der Waals surface area contributed by atoms with Crippen LogP contribution >= 0.6 is 0 Å². The van der Waals surface area contributed by atoms with Gasteiger partial charge in [-0.1, -0.05) is 38.0 Å². The van der Waals surface area contributed by atoms with Gasteiger partial charge in [0.15, 0.2) is 5.65 Å². The van der Waals surface area contributed by atoms with Gasteiger partial charge in [-0.2, -0.15) is 9.61 Å². The lowest BCUT2D eigenvalue weighted by atomic mass is 9.94. The minimum atomic E-state index is 0.973. The molecule has 3 heterocycles. The van der Waals surface area contributed by atoms with Crippen molar-refractivity contribution in [3.8, 4) is 11.1 Å². The first-order valence-corrected chi connectivity index (χ1v) is 10.8. The quantitative estimate of drug-likeness (QED) is 0.405. The maximum atomic E-state index is 5.07. The Morgan fingerprint density at radius 3 is 2.14 bits per heavy atom. The lowest BCUT2D eigenvalue weighted by Gasteiger charge is -2.12. The number of nitrogens with zero attached hydrogens (tertiary/aromatic N) is 4. The Labute approximate surface area is 173 Å². The number of hydrogen-bond acceptors (Lipinski definition) is 2. The molecule has 4 nitrogen and oxygen atoms in total. The van der Waals surface area contributed by atoms with E-state index in [-0.39, 0.29) is 0 Å². The summed E-state index contributed by atoms with van der Waals surface area (Å²) in [5.41, 5.74) is 12.0. The summed E-state index contributed by atoms with van der Waals surface area (Å²) < 4.78 is 4.56. The van der Waals surface area contributed by atoms with Crippen molar-refractivity contribution in [2.45, 2.75) is 74.3 Å². The van der Waals surface area contributed by atoms with Crippen LogP contribution in [0.2, 0.25) is 0 Å². The predicted molar refractivity (Wildman–Crippen MR) is 122 cm³/mol. The standard InChI is InChI=1S/C25H32N4/c1-8-10-20-14-21-18(6)26-24-23(22-16(4)12-15(3)13-17(22)5)19(7)27-29(24)25(21)28(20)11-9-2/h12-14H,8-11H2,1-7H3. The highest BCUT2D eigenvalue weighted by Crippen LogP contribution is 2.35. The van der Waals surface area contributed by atoms with E-state index in [9.17, 15) is 0 Å². The van der Waals surface area contributed by atoms with Crippen molar-refractivity contribution in [1.29, 1.82) is 0 Å². The molecule has 0 spiro atoms. The number of rotatable bonds is 5. The molecular weight excluding hydrogens is 356 g/mol. The van der Waals surface area contributed by atoms with E-state index < -0.39 is 0 Å². The zero-order valence-corrected chi connectivity index (χ0v) is 18.8. The summed E-state index contributed by atoms with van der Waals surface area (Å²) in [6.45, 7) is 16.3. The van der Waals surface area contributed by atoms with Crippen LogP contribution < -0.4 is 0 Å². The highest BCUT2D eigenvalue weighted by molar-refractivity contribution is 5.90. The van der Waals surface area contributed by atoms with E-state index in [1.807, 2.05) is 0 Å². The zero-order chi connectivity index (χ0) is 20.9. The Morgan fingerprint density at radius 2 is 1.52 bits per heavy atom. The zero-order valence-electron chi connectivity index (χ0n) is 18.8. The Morgan fingerprint density at radius 1 is 0.828 bits per heavy atom. The molecule has 1 aromatic carbocycles. The molecule has 0 bridgehead atoms. The first-order chi connectivity index (χ1) is 13.9. The van der Waals surface area contributed by atoms with Crippen LogP contribution in [0.4, 0.5) is 0 Å². The summed E-state index contributed by atoms with van der Waals surface area (Å²) in [6, 6.07) is 6.85. The molecule has 0 N–H and O–H groups in total. The molecule has 0 amide bonds. The second-order valence-electron chi connectivity index (χ2n) is 8.44. The van der Waals surface area contributed by atoms with Gasteiger partial charge in [0.05, 0.1) is 17.0 Å². The summed E-state index contributed by atoms with van der Waals surface area (Å²) in [5, 5.41) is 6.24. The van der Waals surface area contributed by atoms with Crippen LogP contribution in [0, 0.1) is 34.6 Å². The minimum absolute atomic E-state index is 0.973. The van der Waals surface area contributed by atoms with Crippen molar-refractivity contribution in [2.24, 2.45) is 0 Å². The lowest BCUT2D eigenvalue weighted by molar-refractivity contribution is 0.648. The molecule has 4 heteroatoms. The topological polar surface area (TPSA) is 35.1 Å². The third kappa shape index (κ3) is 3.06. The summed E-state index contributed by atoms with van der Waals surface area (Å²) in [5.74, 6) is 0. The second kappa shape index (κ2) is 7.33. The lowest BCUT2D eigenvalue weighted by Crippen LogP contribution is -2.06. The molecule has 0 saturated carbocycles. The smallest absolute Gasteiger partial charge is 0.165 e. The van der Waals surface area contributed by atoms with Gasteiger partial charge in [-0.3, -0.25) is 0 Å². The average Bonchev–Trinajstić information content (AvgIpc) is 3.15. The van der Waals surface area contributed by atoms with E-state index >= 15 is 0 Å². The molecule has 0 aliphatic rings. The number of fused-ring (bicyclic) bond motifs is 3. The second-order valence-corrected chi connectivity index (χ2v) is 8.44. The van der Waals surface area contributed by atoms with Crippen molar-refractivity contribution >= 4 is 16.7 Å². The Balaban J connectivity index is 2.12. The SMILES string of the molecule is CCCc1cc2c(C)nc3c(-c4c(C)cc(C)cc4C)c(C)nn3c2n1CCC.